The Labute approximate surface area is 173 Å². The van der Waals surface area contributed by atoms with Crippen LogP contribution < -0.4 is 5.32 Å². The molecule has 1 N–H and O–H groups in total. The van der Waals surface area contributed by atoms with Gasteiger partial charge in [0, 0.05) is 24.1 Å². The minimum atomic E-state index is -0.602. The zero-order chi connectivity index (χ0) is 21.5. The number of hydrogen-bond donors (Lipinski definition) is 1. The van der Waals surface area contributed by atoms with Crippen molar-refractivity contribution in [3.05, 3.63) is 0 Å². The van der Waals surface area contributed by atoms with Gasteiger partial charge in [0.05, 0.1) is 18.1 Å². The van der Waals surface area contributed by atoms with E-state index >= 15 is 0 Å². The van der Waals surface area contributed by atoms with E-state index in [-0.39, 0.29) is 18.4 Å². The molecule has 162 valence electrons. The fourth-order valence-electron chi connectivity index (χ4n) is 3.08. The van der Waals surface area contributed by atoms with E-state index in [1.54, 1.807) is 23.7 Å². The number of likely N-dealkylation sites (N-methyl/N-ethyl adjacent to an activating group) is 1. The van der Waals surface area contributed by atoms with Crippen LogP contribution in [0.1, 0.15) is 60.8 Å². The Hall–Kier alpha value is -1.28. The summed E-state index contributed by atoms with van der Waals surface area (Å²) in [5.74, 6) is 0.115. The standard InChI is InChI=1S/C20H37N3O4S/c1-8-9-10-15(13-23(14-24)27-19(2,3)4)17(25)21-16-18(26)22(7)11-12-28-20(16,5)6/h14-16H,8-13H2,1-7H3,(H,21,25)/t15-,16-/m1/s1. The van der Waals surface area contributed by atoms with Crippen LogP contribution in [0.3, 0.4) is 0 Å². The third kappa shape index (κ3) is 7.62. The van der Waals surface area contributed by atoms with Crippen molar-refractivity contribution in [2.45, 2.75) is 77.2 Å². The first kappa shape index (κ1) is 24.8. The summed E-state index contributed by atoms with van der Waals surface area (Å²) in [4.78, 5) is 44.7. The smallest absolute Gasteiger partial charge is 0.246 e. The van der Waals surface area contributed by atoms with E-state index in [9.17, 15) is 14.4 Å². The monoisotopic (exact) mass is 415 g/mol. The third-order valence-electron chi connectivity index (χ3n) is 4.69. The lowest BCUT2D eigenvalue weighted by Gasteiger charge is -2.34. The Kier molecular flexibility index (Phi) is 9.27. The van der Waals surface area contributed by atoms with Crippen LogP contribution in [-0.4, -0.2) is 70.5 Å². The van der Waals surface area contributed by atoms with Gasteiger partial charge in [-0.3, -0.25) is 19.2 Å². The summed E-state index contributed by atoms with van der Waals surface area (Å²) in [6.45, 7) is 12.4. The summed E-state index contributed by atoms with van der Waals surface area (Å²) >= 11 is 1.69. The molecule has 2 atom stereocenters. The summed E-state index contributed by atoms with van der Waals surface area (Å²) in [6.07, 6.45) is 3.04. The Morgan fingerprint density at radius 2 is 2.11 bits per heavy atom. The van der Waals surface area contributed by atoms with Crippen molar-refractivity contribution in [2.75, 3.05) is 25.9 Å². The zero-order valence-electron chi connectivity index (χ0n) is 18.4. The highest BCUT2D eigenvalue weighted by molar-refractivity contribution is 8.00. The maximum atomic E-state index is 13.1. The van der Waals surface area contributed by atoms with Crippen molar-refractivity contribution >= 4 is 30.0 Å². The second kappa shape index (κ2) is 10.5. The van der Waals surface area contributed by atoms with Crippen molar-refractivity contribution in [2.24, 2.45) is 5.92 Å². The SMILES string of the molecule is CCCC[C@H](CN(C=O)OC(C)(C)C)C(=O)N[C@@H]1C(=O)N(C)CCSC1(C)C. The van der Waals surface area contributed by atoms with Gasteiger partial charge in [0.15, 0.2) is 0 Å². The van der Waals surface area contributed by atoms with Crippen molar-refractivity contribution < 1.29 is 19.2 Å². The molecule has 3 amide bonds. The molecule has 1 aliphatic rings. The molecule has 1 fully saturated rings. The molecule has 0 aliphatic carbocycles. The molecule has 1 aliphatic heterocycles. The summed E-state index contributed by atoms with van der Waals surface area (Å²) < 4.78 is -0.404. The van der Waals surface area contributed by atoms with E-state index in [4.69, 9.17) is 4.84 Å². The van der Waals surface area contributed by atoms with Crippen LogP contribution in [0.4, 0.5) is 0 Å². The number of thioether (sulfide) groups is 1. The average molecular weight is 416 g/mol. The number of carbonyl (C=O) groups excluding carboxylic acids is 3. The minimum absolute atomic E-state index is 0.0734. The molecule has 0 radical (unpaired) electrons. The van der Waals surface area contributed by atoms with Gasteiger partial charge in [-0.15, -0.1) is 0 Å². The van der Waals surface area contributed by atoms with Crippen molar-refractivity contribution in [3.63, 3.8) is 0 Å². The van der Waals surface area contributed by atoms with Crippen molar-refractivity contribution in [1.82, 2.24) is 15.3 Å². The molecule has 0 aromatic rings. The van der Waals surface area contributed by atoms with Gasteiger partial charge in [-0.05, 0) is 41.0 Å². The molecule has 0 unspecified atom stereocenters. The predicted molar refractivity (Wildman–Crippen MR) is 113 cm³/mol. The quantitative estimate of drug-likeness (QED) is 0.462. The van der Waals surface area contributed by atoms with Gasteiger partial charge in [0.2, 0.25) is 18.2 Å². The fourth-order valence-corrected chi connectivity index (χ4v) is 4.30. The molecule has 0 bridgehead atoms. The Morgan fingerprint density at radius 1 is 1.46 bits per heavy atom. The van der Waals surface area contributed by atoms with Gasteiger partial charge in [0.25, 0.3) is 0 Å². The number of carbonyl (C=O) groups is 3. The number of nitrogens with one attached hydrogen (secondary N) is 1. The van der Waals surface area contributed by atoms with Crippen molar-refractivity contribution in [3.8, 4) is 0 Å². The van der Waals surface area contributed by atoms with E-state index in [0.717, 1.165) is 18.6 Å². The maximum Gasteiger partial charge on any atom is 0.246 e. The summed E-state index contributed by atoms with van der Waals surface area (Å²) in [5.41, 5.74) is -0.536. The lowest BCUT2D eigenvalue weighted by atomic mass is 9.97. The Balaban J connectivity index is 2.95. The first-order chi connectivity index (χ1) is 12.9. The molecule has 1 rings (SSSR count). The van der Waals surface area contributed by atoms with Gasteiger partial charge >= 0.3 is 0 Å². The number of nitrogens with zero attached hydrogens (tertiary/aromatic N) is 2. The van der Waals surface area contributed by atoms with Crippen LogP contribution in [0.25, 0.3) is 0 Å². The highest BCUT2D eigenvalue weighted by Gasteiger charge is 2.41. The third-order valence-corrected chi connectivity index (χ3v) is 6.06. The van der Waals surface area contributed by atoms with Gasteiger partial charge in [-0.25, -0.2) is 5.06 Å². The number of hydroxylamine groups is 2. The van der Waals surface area contributed by atoms with E-state index in [0.29, 0.717) is 19.4 Å². The molecule has 8 heteroatoms. The highest BCUT2D eigenvalue weighted by Crippen LogP contribution is 2.32. The van der Waals surface area contributed by atoms with E-state index < -0.39 is 22.3 Å². The van der Waals surface area contributed by atoms with Gasteiger partial charge in [-0.1, -0.05) is 19.8 Å². The molecular weight excluding hydrogens is 378 g/mol. The first-order valence-corrected chi connectivity index (χ1v) is 11.0. The topological polar surface area (TPSA) is 79.0 Å². The number of rotatable bonds is 9. The molecule has 0 aromatic carbocycles. The largest absolute Gasteiger partial charge is 0.343 e. The lowest BCUT2D eigenvalue weighted by Crippen LogP contribution is -2.57. The second-order valence-electron chi connectivity index (χ2n) is 8.90. The maximum absolute atomic E-state index is 13.1. The Bertz CT molecular complexity index is 548. The minimum Gasteiger partial charge on any atom is -0.343 e. The van der Waals surface area contributed by atoms with Gasteiger partial charge in [-0.2, -0.15) is 11.8 Å². The molecule has 0 saturated carbocycles. The van der Waals surface area contributed by atoms with Crippen LogP contribution in [0.2, 0.25) is 0 Å². The lowest BCUT2D eigenvalue weighted by molar-refractivity contribution is -0.220. The van der Waals surface area contributed by atoms with Crippen LogP contribution in [0, 0.1) is 5.92 Å². The number of hydrogen-bond acceptors (Lipinski definition) is 5. The summed E-state index contributed by atoms with van der Waals surface area (Å²) in [5, 5.41) is 4.18. The normalized spacial score (nSPS) is 21.0. The van der Waals surface area contributed by atoms with Gasteiger partial charge in [0.1, 0.15) is 6.04 Å². The molecule has 28 heavy (non-hydrogen) atoms. The fraction of sp³-hybridized carbons (Fsp3) is 0.850. The van der Waals surface area contributed by atoms with Crippen LogP contribution in [0.5, 0.6) is 0 Å². The molecular formula is C20H37N3O4S. The van der Waals surface area contributed by atoms with E-state index in [1.807, 2.05) is 34.6 Å². The van der Waals surface area contributed by atoms with Gasteiger partial charge < -0.3 is 10.2 Å². The molecule has 7 nitrogen and oxygen atoms in total. The molecule has 0 spiro atoms. The van der Waals surface area contributed by atoms with Crippen LogP contribution in [0.15, 0.2) is 0 Å². The predicted octanol–water partition coefficient (Wildman–Crippen LogP) is 2.45. The van der Waals surface area contributed by atoms with Crippen LogP contribution >= 0.6 is 11.8 Å². The number of unbranched alkanes of at least 4 members (excludes halogenated alkanes) is 1. The van der Waals surface area contributed by atoms with E-state index in [1.165, 1.54) is 5.06 Å². The van der Waals surface area contributed by atoms with E-state index in [2.05, 4.69) is 12.2 Å². The molecule has 1 heterocycles. The number of amides is 3. The first-order valence-electron chi connectivity index (χ1n) is 10.0. The van der Waals surface area contributed by atoms with Crippen LogP contribution in [-0.2, 0) is 19.2 Å². The molecule has 1 saturated heterocycles. The second-order valence-corrected chi connectivity index (χ2v) is 10.7. The average Bonchev–Trinajstić information content (AvgIpc) is 2.67. The highest BCUT2D eigenvalue weighted by atomic mass is 32.2. The summed E-state index contributed by atoms with van der Waals surface area (Å²) in [6, 6.07) is -0.602. The Morgan fingerprint density at radius 3 is 2.64 bits per heavy atom. The summed E-state index contributed by atoms with van der Waals surface area (Å²) in [7, 11) is 1.77. The zero-order valence-corrected chi connectivity index (χ0v) is 19.2. The van der Waals surface area contributed by atoms with Crippen molar-refractivity contribution in [1.29, 1.82) is 0 Å². The molecule has 0 aromatic heterocycles.